The van der Waals surface area contributed by atoms with Gasteiger partial charge in [-0.15, -0.1) is 0 Å². The van der Waals surface area contributed by atoms with Crippen molar-refractivity contribution in [2.75, 3.05) is 26.2 Å². The molecule has 0 radical (unpaired) electrons. The third kappa shape index (κ3) is 4.91. The second-order valence-electron chi connectivity index (χ2n) is 8.15. The maximum atomic E-state index is 12.4. The number of fused-ring (bicyclic) bond motifs is 1. The summed E-state index contributed by atoms with van der Waals surface area (Å²) in [6.45, 7) is 7.06. The summed E-state index contributed by atoms with van der Waals surface area (Å²) in [6, 6.07) is 9.88. The Morgan fingerprint density at radius 2 is 1.90 bits per heavy atom. The molecule has 2 aromatic rings. The molecule has 0 unspecified atom stereocenters. The van der Waals surface area contributed by atoms with Crippen LogP contribution < -0.4 is 10.2 Å². The highest BCUT2D eigenvalue weighted by Crippen LogP contribution is 2.20. The van der Waals surface area contributed by atoms with Gasteiger partial charge in [-0.3, -0.25) is 14.5 Å². The Labute approximate surface area is 176 Å². The molecule has 160 valence electrons. The van der Waals surface area contributed by atoms with Gasteiger partial charge in [-0.25, -0.2) is 0 Å². The summed E-state index contributed by atoms with van der Waals surface area (Å²) in [4.78, 5) is 28.8. The SMILES string of the molecule is C[C@@H]1CN(C(=O)COc2coc(CN3CCc4ccccc4C3)cc2=O)C[C@H](C)O1. The molecule has 2 aliphatic heterocycles. The minimum Gasteiger partial charge on any atom is -0.477 e. The monoisotopic (exact) mass is 412 g/mol. The van der Waals surface area contributed by atoms with Crippen molar-refractivity contribution in [2.45, 2.75) is 45.6 Å². The fourth-order valence-corrected chi connectivity index (χ4v) is 4.15. The third-order valence-corrected chi connectivity index (χ3v) is 5.56. The zero-order valence-electron chi connectivity index (χ0n) is 17.5. The Bertz CT molecular complexity index is 947. The first-order valence-electron chi connectivity index (χ1n) is 10.4. The molecule has 1 aromatic heterocycles. The molecule has 0 N–H and O–H groups in total. The van der Waals surface area contributed by atoms with Crippen LogP contribution in [0, 0.1) is 0 Å². The van der Waals surface area contributed by atoms with Crippen LogP contribution in [0.1, 0.15) is 30.7 Å². The maximum Gasteiger partial charge on any atom is 0.260 e. The van der Waals surface area contributed by atoms with Crippen molar-refractivity contribution < 1.29 is 18.7 Å². The van der Waals surface area contributed by atoms with E-state index >= 15 is 0 Å². The Kier molecular flexibility index (Phi) is 6.20. The molecule has 4 rings (SSSR count). The summed E-state index contributed by atoms with van der Waals surface area (Å²) in [5, 5.41) is 0. The highest BCUT2D eigenvalue weighted by molar-refractivity contribution is 5.78. The molecule has 1 amide bonds. The fraction of sp³-hybridized carbons (Fsp3) is 0.478. The van der Waals surface area contributed by atoms with Gasteiger partial charge in [0.05, 0.1) is 18.8 Å². The molecule has 7 heteroatoms. The van der Waals surface area contributed by atoms with Gasteiger partial charge >= 0.3 is 0 Å². The van der Waals surface area contributed by atoms with Crippen molar-refractivity contribution in [3.63, 3.8) is 0 Å². The van der Waals surface area contributed by atoms with Crippen molar-refractivity contribution in [3.05, 3.63) is 63.7 Å². The minimum atomic E-state index is -0.273. The average molecular weight is 412 g/mol. The van der Waals surface area contributed by atoms with E-state index in [1.807, 2.05) is 19.9 Å². The van der Waals surface area contributed by atoms with Crippen LogP contribution in [0.5, 0.6) is 5.75 Å². The predicted molar refractivity (Wildman–Crippen MR) is 111 cm³/mol. The standard InChI is InChI=1S/C23H28N2O5/c1-16-10-25(11-17(2)30-16)23(27)15-29-22-14-28-20(9-21(22)26)13-24-8-7-18-5-3-4-6-19(18)12-24/h3-6,9,14,16-17H,7-8,10-13,15H2,1-2H3/t16-,17+. The summed E-state index contributed by atoms with van der Waals surface area (Å²) < 4.78 is 16.7. The first-order chi connectivity index (χ1) is 14.5. The van der Waals surface area contributed by atoms with Gasteiger partial charge in [0.1, 0.15) is 12.0 Å². The van der Waals surface area contributed by atoms with Gasteiger partial charge in [-0.05, 0) is 31.4 Å². The molecule has 0 saturated carbocycles. The highest BCUT2D eigenvalue weighted by Gasteiger charge is 2.26. The Morgan fingerprint density at radius 1 is 1.17 bits per heavy atom. The Balaban J connectivity index is 1.32. The molecular weight excluding hydrogens is 384 g/mol. The van der Waals surface area contributed by atoms with Crippen molar-refractivity contribution in [1.82, 2.24) is 9.80 Å². The van der Waals surface area contributed by atoms with Crippen molar-refractivity contribution in [1.29, 1.82) is 0 Å². The minimum absolute atomic E-state index is 0.0104. The smallest absolute Gasteiger partial charge is 0.260 e. The molecule has 1 fully saturated rings. The third-order valence-electron chi connectivity index (χ3n) is 5.56. The normalized spacial score (nSPS) is 21.9. The molecule has 1 aromatic carbocycles. The van der Waals surface area contributed by atoms with Crippen LogP contribution in [0.2, 0.25) is 0 Å². The Morgan fingerprint density at radius 3 is 2.63 bits per heavy atom. The van der Waals surface area contributed by atoms with Crippen LogP contribution >= 0.6 is 0 Å². The van der Waals surface area contributed by atoms with E-state index in [0.29, 0.717) is 25.4 Å². The van der Waals surface area contributed by atoms with Crippen LogP contribution in [0.4, 0.5) is 0 Å². The van der Waals surface area contributed by atoms with Gasteiger partial charge in [0.15, 0.2) is 6.61 Å². The van der Waals surface area contributed by atoms with E-state index in [0.717, 1.165) is 19.5 Å². The largest absolute Gasteiger partial charge is 0.477 e. The van der Waals surface area contributed by atoms with Gasteiger partial charge in [-0.1, -0.05) is 24.3 Å². The van der Waals surface area contributed by atoms with E-state index in [1.54, 1.807) is 4.90 Å². The lowest BCUT2D eigenvalue weighted by Crippen LogP contribution is -2.49. The Hall–Kier alpha value is -2.64. The number of nitrogens with zero attached hydrogens (tertiary/aromatic N) is 2. The van der Waals surface area contributed by atoms with E-state index in [9.17, 15) is 9.59 Å². The van der Waals surface area contributed by atoms with Crippen LogP contribution in [-0.4, -0.2) is 54.2 Å². The number of rotatable bonds is 5. The molecule has 2 atom stereocenters. The quantitative estimate of drug-likeness (QED) is 0.750. The fourth-order valence-electron chi connectivity index (χ4n) is 4.15. The topological polar surface area (TPSA) is 72.2 Å². The first-order valence-corrected chi connectivity index (χ1v) is 10.4. The number of carbonyl (C=O) groups excluding carboxylic acids is 1. The summed E-state index contributed by atoms with van der Waals surface area (Å²) in [7, 11) is 0. The number of amides is 1. The number of hydrogen-bond acceptors (Lipinski definition) is 6. The summed E-state index contributed by atoms with van der Waals surface area (Å²) in [6.07, 6.45) is 2.28. The molecule has 3 heterocycles. The van der Waals surface area contributed by atoms with Crippen LogP contribution in [0.25, 0.3) is 0 Å². The lowest BCUT2D eigenvalue weighted by molar-refractivity contribution is -0.145. The zero-order chi connectivity index (χ0) is 21.1. The summed E-state index contributed by atoms with van der Waals surface area (Å²) in [5.41, 5.74) is 2.43. The number of ether oxygens (including phenoxy) is 2. The first kappa shape index (κ1) is 20.6. The van der Waals surface area contributed by atoms with Gasteiger partial charge in [0.25, 0.3) is 5.91 Å². The van der Waals surface area contributed by atoms with Crippen LogP contribution in [0.15, 0.2) is 45.8 Å². The summed E-state index contributed by atoms with van der Waals surface area (Å²) in [5.74, 6) is 0.492. The molecule has 0 bridgehead atoms. The zero-order valence-corrected chi connectivity index (χ0v) is 17.5. The number of benzene rings is 1. The van der Waals surface area contributed by atoms with E-state index in [2.05, 4.69) is 23.1 Å². The second kappa shape index (κ2) is 9.02. The molecule has 2 aliphatic rings. The van der Waals surface area contributed by atoms with Crippen LogP contribution in [0.3, 0.4) is 0 Å². The number of morpholine rings is 1. The van der Waals surface area contributed by atoms with Crippen molar-refractivity contribution in [2.24, 2.45) is 0 Å². The summed E-state index contributed by atoms with van der Waals surface area (Å²) >= 11 is 0. The van der Waals surface area contributed by atoms with Crippen molar-refractivity contribution in [3.8, 4) is 5.75 Å². The molecule has 0 spiro atoms. The van der Waals surface area contributed by atoms with Gasteiger partial charge in [0, 0.05) is 32.2 Å². The lowest BCUT2D eigenvalue weighted by Gasteiger charge is -2.35. The molecular formula is C23H28N2O5. The number of carbonyl (C=O) groups is 1. The van der Waals surface area contributed by atoms with Crippen molar-refractivity contribution >= 4 is 5.91 Å². The van der Waals surface area contributed by atoms with E-state index in [1.165, 1.54) is 23.5 Å². The second-order valence-corrected chi connectivity index (χ2v) is 8.15. The van der Waals surface area contributed by atoms with Gasteiger partial charge in [0.2, 0.25) is 11.2 Å². The highest BCUT2D eigenvalue weighted by atomic mass is 16.5. The maximum absolute atomic E-state index is 12.4. The van der Waals surface area contributed by atoms with Gasteiger partial charge < -0.3 is 18.8 Å². The van der Waals surface area contributed by atoms with E-state index in [-0.39, 0.29) is 35.9 Å². The van der Waals surface area contributed by atoms with E-state index in [4.69, 9.17) is 13.9 Å². The van der Waals surface area contributed by atoms with Gasteiger partial charge in [-0.2, -0.15) is 0 Å². The molecule has 7 nitrogen and oxygen atoms in total. The molecule has 0 aliphatic carbocycles. The predicted octanol–water partition coefficient (Wildman–Crippen LogP) is 2.21. The van der Waals surface area contributed by atoms with E-state index < -0.39 is 0 Å². The number of hydrogen-bond donors (Lipinski definition) is 0. The average Bonchev–Trinajstić information content (AvgIpc) is 2.72. The molecule has 1 saturated heterocycles. The van der Waals surface area contributed by atoms with Crippen LogP contribution in [-0.2, 0) is 29.0 Å². The lowest BCUT2D eigenvalue weighted by atomic mass is 10.00. The molecule has 30 heavy (non-hydrogen) atoms.